The van der Waals surface area contributed by atoms with Gasteiger partial charge in [0, 0.05) is 17.5 Å². The van der Waals surface area contributed by atoms with Crippen LogP contribution in [0.2, 0.25) is 0 Å². The second kappa shape index (κ2) is 19.2. The van der Waals surface area contributed by atoms with Gasteiger partial charge in [0.1, 0.15) is 17.5 Å². The van der Waals surface area contributed by atoms with Gasteiger partial charge in [-0.3, -0.25) is 14.2 Å². The van der Waals surface area contributed by atoms with Crippen LogP contribution in [0.4, 0.5) is 0 Å². The number of benzene rings is 3. The summed E-state index contributed by atoms with van der Waals surface area (Å²) < 4.78 is 51.7. The standard InChI is InChI=1S/C37H50N3O10PS2/c1-5-7-19-40(20-8-6-2)24-31(27-12-10-9-11-13-27)30-22-33(52-4)32(23-34(30)53(46,47)26-40)49-25-35(42)39-36(28-14-16-29(41)17-15-28)37(43)38-18-21-51(44,45)50-48-3/h9-17,22-23,31,36H,5-8,18-21,24-26H2,1-4H3,(H3-,38,39,41,42,43,44,45)/p+1/t31?,36-/m1/s1. The van der Waals surface area contributed by atoms with Crippen LogP contribution in [0.3, 0.4) is 0 Å². The molecular formula is C37H51N3O10PS2+. The van der Waals surface area contributed by atoms with Crippen molar-refractivity contribution in [2.24, 2.45) is 0 Å². The number of unbranched alkanes of at least 4 members (excludes halogenated alkanes) is 2. The van der Waals surface area contributed by atoms with Crippen LogP contribution in [0.1, 0.15) is 68.2 Å². The van der Waals surface area contributed by atoms with Crippen molar-refractivity contribution in [1.82, 2.24) is 10.6 Å². The van der Waals surface area contributed by atoms with Gasteiger partial charge in [0.05, 0.1) is 43.7 Å². The number of carbonyl (C=O) groups excluding carboxylic acids is 2. The molecule has 16 heteroatoms. The molecule has 0 spiro atoms. The summed E-state index contributed by atoms with van der Waals surface area (Å²) in [4.78, 5) is 41.5. The molecule has 13 nitrogen and oxygen atoms in total. The predicted molar refractivity (Wildman–Crippen MR) is 204 cm³/mol. The lowest BCUT2D eigenvalue weighted by Crippen LogP contribution is -2.53. The van der Waals surface area contributed by atoms with Crippen LogP contribution < -0.4 is 15.4 Å². The minimum absolute atomic E-state index is 0.0331. The molecule has 2 amide bonds. The van der Waals surface area contributed by atoms with E-state index in [-0.39, 0.29) is 34.7 Å². The molecule has 0 bridgehead atoms. The highest BCUT2D eigenvalue weighted by molar-refractivity contribution is 7.98. The number of nitrogens with zero attached hydrogens (tertiary/aromatic N) is 1. The smallest absolute Gasteiger partial charge is 0.357 e. The van der Waals surface area contributed by atoms with E-state index in [0.717, 1.165) is 51.4 Å². The predicted octanol–water partition coefficient (Wildman–Crippen LogP) is 5.52. The van der Waals surface area contributed by atoms with Crippen molar-refractivity contribution in [3.63, 3.8) is 0 Å². The summed E-state index contributed by atoms with van der Waals surface area (Å²) in [5.41, 5.74) is 2.07. The quantitative estimate of drug-likeness (QED) is 0.0395. The lowest BCUT2D eigenvalue weighted by Gasteiger charge is -2.39. The van der Waals surface area contributed by atoms with Crippen LogP contribution in [-0.2, 0) is 33.6 Å². The average Bonchev–Trinajstić information content (AvgIpc) is 3.22. The van der Waals surface area contributed by atoms with Gasteiger partial charge in [0.2, 0.25) is 15.7 Å². The first-order valence-electron chi connectivity index (χ1n) is 17.6. The summed E-state index contributed by atoms with van der Waals surface area (Å²) >= 11 is 1.38. The summed E-state index contributed by atoms with van der Waals surface area (Å²) in [6.07, 6.45) is 5.13. The Morgan fingerprint density at radius 3 is 2.30 bits per heavy atom. The third-order valence-corrected chi connectivity index (χ3v) is 13.1. The van der Waals surface area contributed by atoms with E-state index in [1.165, 1.54) is 36.0 Å². The molecule has 4 rings (SSSR count). The second-order valence-electron chi connectivity index (χ2n) is 13.2. The highest BCUT2D eigenvalue weighted by Crippen LogP contribution is 2.43. The van der Waals surface area contributed by atoms with Crippen LogP contribution in [0, 0.1) is 0 Å². The number of phenols is 1. The Labute approximate surface area is 316 Å². The number of phenolic OH excluding ortho intramolecular Hbond substituents is 1. The van der Waals surface area contributed by atoms with Gasteiger partial charge in [-0.15, -0.1) is 16.4 Å². The Morgan fingerprint density at radius 1 is 1.04 bits per heavy atom. The van der Waals surface area contributed by atoms with Gasteiger partial charge in [-0.05, 0) is 54.0 Å². The van der Waals surface area contributed by atoms with Gasteiger partial charge in [0.15, 0.2) is 12.5 Å². The Morgan fingerprint density at radius 2 is 1.70 bits per heavy atom. The van der Waals surface area contributed by atoms with Gasteiger partial charge in [-0.1, -0.05) is 69.2 Å². The van der Waals surface area contributed by atoms with E-state index in [9.17, 15) is 32.6 Å². The average molecular weight is 793 g/mol. The number of quaternary nitrogens is 1. The largest absolute Gasteiger partial charge is 0.508 e. The van der Waals surface area contributed by atoms with Crippen LogP contribution in [-0.4, -0.2) is 92.9 Å². The zero-order chi connectivity index (χ0) is 38.6. The topological polar surface area (TPSA) is 178 Å². The summed E-state index contributed by atoms with van der Waals surface area (Å²) in [5, 5.41) is 14.9. The Bertz CT molecular complexity index is 1840. The molecule has 0 saturated carbocycles. The lowest BCUT2D eigenvalue weighted by molar-refractivity contribution is -0.918. The van der Waals surface area contributed by atoms with E-state index < -0.39 is 48.1 Å². The minimum atomic E-state index is -4.12. The van der Waals surface area contributed by atoms with Crippen molar-refractivity contribution in [2.75, 3.05) is 58.2 Å². The highest BCUT2D eigenvalue weighted by Gasteiger charge is 2.43. The number of rotatable bonds is 19. The molecule has 0 aliphatic carbocycles. The van der Waals surface area contributed by atoms with Gasteiger partial charge in [-0.25, -0.2) is 13.3 Å². The van der Waals surface area contributed by atoms with Crippen molar-refractivity contribution in [3.05, 3.63) is 83.4 Å². The van der Waals surface area contributed by atoms with Crippen molar-refractivity contribution < 1.29 is 51.4 Å². The number of aromatic hydroxyl groups is 1. The molecule has 0 aromatic heterocycles. The van der Waals surface area contributed by atoms with Crippen molar-refractivity contribution in [3.8, 4) is 11.5 Å². The van der Waals surface area contributed by atoms with Crippen molar-refractivity contribution in [2.45, 2.75) is 61.3 Å². The zero-order valence-corrected chi connectivity index (χ0v) is 33.2. The molecule has 1 aliphatic heterocycles. The molecule has 53 heavy (non-hydrogen) atoms. The van der Waals surface area contributed by atoms with Crippen LogP contribution in [0.5, 0.6) is 11.5 Å². The Kier molecular flexibility index (Phi) is 15.4. The molecule has 3 aromatic rings. The van der Waals surface area contributed by atoms with E-state index in [4.69, 9.17) is 4.74 Å². The van der Waals surface area contributed by atoms with Crippen LogP contribution >= 0.6 is 19.4 Å². The summed E-state index contributed by atoms with van der Waals surface area (Å²) in [5.74, 6) is -1.42. The zero-order valence-electron chi connectivity index (χ0n) is 30.7. The monoisotopic (exact) mass is 792 g/mol. The number of carbonyl (C=O) groups is 2. The summed E-state index contributed by atoms with van der Waals surface area (Å²) in [6, 6.07) is 17.8. The minimum Gasteiger partial charge on any atom is -0.508 e. The van der Waals surface area contributed by atoms with E-state index in [1.54, 1.807) is 6.07 Å². The molecule has 4 N–H and O–H groups in total. The molecule has 3 atom stereocenters. The summed E-state index contributed by atoms with van der Waals surface area (Å²) in [6.45, 7) is 5.57. The van der Waals surface area contributed by atoms with Crippen LogP contribution in [0.25, 0.3) is 0 Å². The van der Waals surface area contributed by atoms with E-state index in [2.05, 4.69) is 34.0 Å². The molecule has 1 heterocycles. The second-order valence-corrected chi connectivity index (χ2v) is 17.8. The number of sulfone groups is 1. The third-order valence-electron chi connectivity index (χ3n) is 9.23. The SMILES string of the molecule is CCCC[N+]1(CCCC)CC(c2ccccc2)c2cc(SC)c(OCC(=O)N[C@@H](C(=O)NCCP(=O)(O)OOC)c3ccc(O)cc3)cc2S(=O)(=O)C1. The molecule has 3 aromatic carbocycles. The van der Waals surface area contributed by atoms with Crippen molar-refractivity contribution >= 4 is 41.0 Å². The fourth-order valence-corrected chi connectivity index (χ4v) is 9.95. The molecule has 0 fully saturated rings. The molecular weight excluding hydrogens is 742 g/mol. The Hall–Kier alpha value is -3.43. The van der Waals surface area contributed by atoms with Gasteiger partial charge >= 0.3 is 7.60 Å². The van der Waals surface area contributed by atoms with E-state index >= 15 is 0 Å². The number of hydrogen-bond acceptors (Lipinski definition) is 10. The first-order valence-corrected chi connectivity index (χ1v) is 22.3. The maximum atomic E-state index is 14.4. The number of nitrogens with one attached hydrogen (secondary N) is 2. The first-order chi connectivity index (χ1) is 25.3. The molecule has 290 valence electrons. The van der Waals surface area contributed by atoms with Gasteiger partial charge in [-0.2, -0.15) is 0 Å². The molecule has 0 radical (unpaired) electrons. The number of hydrogen-bond donors (Lipinski definition) is 4. The maximum absolute atomic E-state index is 14.4. The fraction of sp³-hybridized carbons (Fsp3) is 0.459. The number of amides is 2. The molecule has 0 saturated heterocycles. The maximum Gasteiger partial charge on any atom is 0.357 e. The normalized spacial score (nSPS) is 17.8. The summed E-state index contributed by atoms with van der Waals surface area (Å²) in [7, 11) is -6.85. The number of ether oxygens (including phenoxy) is 1. The molecule has 2 unspecified atom stereocenters. The highest BCUT2D eigenvalue weighted by atomic mass is 32.2. The fourth-order valence-electron chi connectivity index (χ4n) is 6.61. The van der Waals surface area contributed by atoms with E-state index in [0.29, 0.717) is 27.1 Å². The van der Waals surface area contributed by atoms with Gasteiger partial charge in [0.25, 0.3) is 5.91 Å². The third kappa shape index (κ3) is 11.5. The first kappa shape index (κ1) is 42.3. The molecule has 1 aliphatic rings. The van der Waals surface area contributed by atoms with Crippen LogP contribution in [0.15, 0.2) is 76.5 Å². The van der Waals surface area contributed by atoms with Gasteiger partial charge < -0.3 is 29.9 Å². The Balaban J connectivity index is 1.63. The van der Waals surface area contributed by atoms with Crippen molar-refractivity contribution in [1.29, 1.82) is 0 Å². The van der Waals surface area contributed by atoms with E-state index in [1.807, 2.05) is 42.7 Å². The number of thioether (sulfide) groups is 1. The number of fused-ring (bicyclic) bond motifs is 1. The lowest BCUT2D eigenvalue weighted by atomic mass is 9.89.